The molecule has 1 aromatic carbocycles. The normalized spacial score (nSPS) is 18.6. The monoisotopic (exact) mass is 618 g/mol. The zero-order valence-corrected chi connectivity index (χ0v) is 25.4. The number of hydrogen-bond donors (Lipinski definition) is 2. The molecule has 0 bridgehead atoms. The maximum Gasteiger partial charge on any atom is 0.320 e. The SMILES string of the molecule is CNC(=O)COc1nc(N[C@H](C)c2cccc(C(F)(F)C3CN(C)C3)c2)c2cc(C3CCS(=O)(=O)CC3)c(OC)nc2n1. The number of ether oxygens (including phenoxy) is 2. The molecule has 2 fully saturated rings. The molecule has 2 N–H and O–H groups in total. The summed E-state index contributed by atoms with van der Waals surface area (Å²) in [7, 11) is 1.69. The zero-order chi connectivity index (χ0) is 30.9. The standard InChI is InChI=1S/C29H36F2N6O5S/c1-17(19-6-5-7-20(12-19)29(30,31)21-14-37(3)15-21)33-25-23-13-22(18-8-10-43(39,40)11-9-18)27(41-4)34-26(23)36-28(35-25)42-16-24(38)32-2/h5-7,12-13,17-18,21H,8-11,14-16H2,1-4H3,(H,32,38)(H,33,34,35,36)/t17-/m1/s1. The number of hydrogen-bond acceptors (Lipinski definition) is 10. The Balaban J connectivity index is 1.51. The van der Waals surface area contributed by atoms with E-state index in [0.717, 1.165) is 5.56 Å². The third kappa shape index (κ3) is 6.64. The van der Waals surface area contributed by atoms with E-state index in [1.165, 1.54) is 26.3 Å². The second-order valence-electron chi connectivity index (χ2n) is 11.2. The van der Waals surface area contributed by atoms with Crippen LogP contribution in [0.2, 0.25) is 0 Å². The predicted molar refractivity (Wildman–Crippen MR) is 157 cm³/mol. The average Bonchev–Trinajstić information content (AvgIpc) is 2.97. The average molecular weight is 619 g/mol. The van der Waals surface area contributed by atoms with Crippen LogP contribution in [0.5, 0.6) is 11.9 Å². The summed E-state index contributed by atoms with van der Waals surface area (Å²) in [4.78, 5) is 27.2. The largest absolute Gasteiger partial charge is 0.481 e. The summed E-state index contributed by atoms with van der Waals surface area (Å²) in [5.41, 5.74) is 1.55. The van der Waals surface area contributed by atoms with Crippen LogP contribution in [-0.4, -0.2) is 86.6 Å². The molecule has 232 valence electrons. The van der Waals surface area contributed by atoms with Crippen molar-refractivity contribution in [2.75, 3.05) is 57.7 Å². The Labute approximate surface area is 249 Å². The molecule has 2 aliphatic heterocycles. The molecule has 1 amide bonds. The fourth-order valence-electron chi connectivity index (χ4n) is 5.54. The summed E-state index contributed by atoms with van der Waals surface area (Å²) in [5.74, 6) is -3.41. The zero-order valence-electron chi connectivity index (χ0n) is 24.6. The van der Waals surface area contributed by atoms with Crippen molar-refractivity contribution in [1.29, 1.82) is 0 Å². The molecule has 0 aliphatic carbocycles. The number of carbonyl (C=O) groups is 1. The molecule has 14 heteroatoms. The summed E-state index contributed by atoms with van der Waals surface area (Å²) in [6.07, 6.45) is 0.855. The van der Waals surface area contributed by atoms with Crippen LogP contribution in [-0.2, 0) is 20.6 Å². The number of methoxy groups -OCH3 is 1. The molecule has 0 spiro atoms. The summed E-state index contributed by atoms with van der Waals surface area (Å²) >= 11 is 0. The molecule has 0 unspecified atom stereocenters. The lowest BCUT2D eigenvalue weighted by Crippen LogP contribution is -2.51. The van der Waals surface area contributed by atoms with Crippen LogP contribution in [0.25, 0.3) is 11.0 Å². The van der Waals surface area contributed by atoms with Crippen molar-refractivity contribution >= 4 is 32.6 Å². The van der Waals surface area contributed by atoms with Crippen LogP contribution in [0.1, 0.15) is 48.4 Å². The van der Waals surface area contributed by atoms with Gasteiger partial charge in [-0.05, 0) is 50.4 Å². The van der Waals surface area contributed by atoms with Crippen molar-refractivity contribution in [1.82, 2.24) is 25.2 Å². The lowest BCUT2D eigenvalue weighted by molar-refractivity contribution is -0.122. The molecule has 2 saturated heterocycles. The fourth-order valence-corrected chi connectivity index (χ4v) is 7.03. The number of nitrogens with zero attached hydrogens (tertiary/aromatic N) is 4. The van der Waals surface area contributed by atoms with Crippen LogP contribution < -0.4 is 20.1 Å². The third-order valence-electron chi connectivity index (χ3n) is 8.16. The molecule has 4 heterocycles. The van der Waals surface area contributed by atoms with Gasteiger partial charge in [0, 0.05) is 37.3 Å². The van der Waals surface area contributed by atoms with Crippen molar-refractivity contribution in [3.8, 4) is 11.9 Å². The first-order valence-corrected chi connectivity index (χ1v) is 16.0. The highest BCUT2D eigenvalue weighted by atomic mass is 32.2. The summed E-state index contributed by atoms with van der Waals surface area (Å²) in [5, 5.41) is 6.29. The highest BCUT2D eigenvalue weighted by molar-refractivity contribution is 7.91. The van der Waals surface area contributed by atoms with Crippen LogP contribution >= 0.6 is 0 Å². The van der Waals surface area contributed by atoms with Gasteiger partial charge in [0.05, 0.1) is 29.9 Å². The van der Waals surface area contributed by atoms with Crippen LogP contribution in [0, 0.1) is 5.92 Å². The number of nitrogens with one attached hydrogen (secondary N) is 2. The van der Waals surface area contributed by atoms with E-state index in [9.17, 15) is 13.2 Å². The van der Waals surface area contributed by atoms with E-state index in [0.29, 0.717) is 48.6 Å². The number of benzene rings is 1. The molecular weight excluding hydrogens is 582 g/mol. The van der Waals surface area contributed by atoms with Crippen molar-refractivity contribution in [3.63, 3.8) is 0 Å². The number of anilines is 1. The molecule has 2 aliphatic rings. The number of amides is 1. The van der Waals surface area contributed by atoms with Gasteiger partial charge in [0.1, 0.15) is 15.7 Å². The Morgan fingerprint density at radius 3 is 2.53 bits per heavy atom. The van der Waals surface area contributed by atoms with Crippen molar-refractivity contribution < 1.29 is 31.5 Å². The number of likely N-dealkylation sites (N-methyl/N-ethyl adjacent to an activating group) is 1. The van der Waals surface area contributed by atoms with Gasteiger partial charge < -0.3 is 25.0 Å². The van der Waals surface area contributed by atoms with Gasteiger partial charge in [-0.25, -0.2) is 17.2 Å². The van der Waals surface area contributed by atoms with Crippen molar-refractivity contribution in [3.05, 3.63) is 47.0 Å². The van der Waals surface area contributed by atoms with E-state index < -0.39 is 27.7 Å². The molecule has 0 radical (unpaired) electrons. The van der Waals surface area contributed by atoms with Gasteiger partial charge in [0.2, 0.25) is 5.88 Å². The number of likely N-dealkylation sites (tertiary alicyclic amines) is 1. The second kappa shape index (κ2) is 12.2. The highest BCUT2D eigenvalue weighted by Gasteiger charge is 2.46. The van der Waals surface area contributed by atoms with Crippen molar-refractivity contribution in [2.45, 2.75) is 37.6 Å². The van der Waals surface area contributed by atoms with E-state index in [1.807, 2.05) is 24.9 Å². The summed E-state index contributed by atoms with van der Waals surface area (Å²) in [6.45, 7) is 2.18. The minimum atomic E-state index is -3.09. The maximum atomic E-state index is 15.3. The smallest absolute Gasteiger partial charge is 0.320 e. The Hall–Kier alpha value is -3.65. The van der Waals surface area contributed by atoms with E-state index in [1.54, 1.807) is 12.1 Å². The maximum absolute atomic E-state index is 15.3. The molecule has 3 aromatic rings. The van der Waals surface area contributed by atoms with Gasteiger partial charge in [0.15, 0.2) is 12.3 Å². The lowest BCUT2D eigenvalue weighted by atomic mass is 9.87. The minimum Gasteiger partial charge on any atom is -0.481 e. The van der Waals surface area contributed by atoms with Gasteiger partial charge in [-0.15, -0.1) is 0 Å². The number of fused-ring (bicyclic) bond motifs is 1. The summed E-state index contributed by atoms with van der Waals surface area (Å²) in [6, 6.07) is 7.62. The highest BCUT2D eigenvalue weighted by Crippen LogP contribution is 2.42. The number of carbonyl (C=O) groups excluding carboxylic acids is 1. The predicted octanol–water partition coefficient (Wildman–Crippen LogP) is 3.28. The Bertz CT molecular complexity index is 1600. The van der Waals surface area contributed by atoms with Gasteiger partial charge in [-0.1, -0.05) is 18.2 Å². The number of aromatic nitrogens is 3. The Kier molecular flexibility index (Phi) is 8.70. The third-order valence-corrected chi connectivity index (χ3v) is 9.88. The van der Waals surface area contributed by atoms with Crippen LogP contribution in [0.15, 0.2) is 30.3 Å². The Morgan fingerprint density at radius 1 is 1.16 bits per heavy atom. The van der Waals surface area contributed by atoms with Gasteiger partial charge in [-0.3, -0.25) is 4.79 Å². The van der Waals surface area contributed by atoms with E-state index in [4.69, 9.17) is 9.47 Å². The number of rotatable bonds is 10. The van der Waals surface area contributed by atoms with E-state index in [2.05, 4.69) is 25.6 Å². The molecule has 43 heavy (non-hydrogen) atoms. The first kappa shape index (κ1) is 30.8. The second-order valence-corrected chi connectivity index (χ2v) is 13.5. The van der Waals surface area contributed by atoms with Gasteiger partial charge >= 0.3 is 6.01 Å². The topological polar surface area (TPSA) is 136 Å². The molecular formula is C29H36F2N6O5S. The quantitative estimate of drug-likeness (QED) is 0.349. The van der Waals surface area contributed by atoms with Crippen LogP contribution in [0.3, 0.4) is 0 Å². The van der Waals surface area contributed by atoms with E-state index >= 15 is 8.78 Å². The first-order chi connectivity index (χ1) is 20.4. The molecule has 1 atom stereocenters. The number of alkyl halides is 2. The Morgan fingerprint density at radius 2 is 1.88 bits per heavy atom. The summed E-state index contributed by atoms with van der Waals surface area (Å²) < 4.78 is 65.7. The number of halogens is 2. The molecule has 11 nitrogen and oxygen atoms in total. The lowest BCUT2D eigenvalue weighted by Gasteiger charge is -2.41. The number of sulfone groups is 1. The van der Waals surface area contributed by atoms with Gasteiger partial charge in [0.25, 0.3) is 11.8 Å². The number of pyridine rings is 1. The van der Waals surface area contributed by atoms with E-state index in [-0.39, 0.29) is 47.2 Å². The molecule has 0 saturated carbocycles. The molecule has 5 rings (SSSR count). The fraction of sp³-hybridized carbons (Fsp3) is 0.517. The molecule has 2 aromatic heterocycles. The minimum absolute atomic E-state index is 0.0418. The first-order valence-electron chi connectivity index (χ1n) is 14.1. The van der Waals surface area contributed by atoms with Crippen molar-refractivity contribution in [2.24, 2.45) is 5.92 Å². The van der Waals surface area contributed by atoms with Crippen LogP contribution in [0.4, 0.5) is 14.6 Å². The van der Waals surface area contributed by atoms with Gasteiger partial charge in [-0.2, -0.15) is 15.0 Å².